The zero-order valence-electron chi connectivity index (χ0n) is 20.4. The molecule has 0 spiro atoms. The fraction of sp³-hybridized carbons (Fsp3) is 0.600. The number of aliphatic hydroxyl groups is 1. The monoisotopic (exact) mass is 467 g/mol. The number of alkyl halides is 3. The van der Waals surface area contributed by atoms with Crippen LogP contribution in [0.2, 0.25) is 0 Å². The third kappa shape index (κ3) is 7.88. The van der Waals surface area contributed by atoms with Crippen molar-refractivity contribution < 1.29 is 23.1 Å². The van der Waals surface area contributed by atoms with Crippen molar-refractivity contribution in [3.8, 4) is 0 Å². The molecular weight excluding hydrogens is 431 g/mol. The Morgan fingerprint density at radius 2 is 1.85 bits per heavy atom. The molecular formula is C25H36F3N3O2. The van der Waals surface area contributed by atoms with Crippen LogP contribution < -0.4 is 10.6 Å². The van der Waals surface area contributed by atoms with Crippen molar-refractivity contribution >= 4 is 22.5 Å². The van der Waals surface area contributed by atoms with Crippen LogP contribution >= 0.6 is 0 Å². The van der Waals surface area contributed by atoms with Crippen LogP contribution in [0.15, 0.2) is 18.2 Å². The van der Waals surface area contributed by atoms with Crippen LogP contribution in [0, 0.1) is 12.8 Å². The van der Waals surface area contributed by atoms with E-state index in [4.69, 9.17) is 0 Å². The molecule has 2 aromatic rings. The lowest BCUT2D eigenvalue weighted by Crippen LogP contribution is -2.31. The number of aryl methyl sites for hydroxylation is 1. The van der Waals surface area contributed by atoms with E-state index in [1.807, 2.05) is 27.7 Å². The SMILES string of the molecule is CCCC(CNC(=O)c1cc(C)c2cc(NCC(F)(F)F)cc(C(C)(C)C)c2n1)CC(C)O. The summed E-state index contributed by atoms with van der Waals surface area (Å²) in [7, 11) is 0. The molecule has 184 valence electrons. The van der Waals surface area contributed by atoms with Crippen LogP contribution in [0.3, 0.4) is 0 Å². The summed E-state index contributed by atoms with van der Waals surface area (Å²) in [5.41, 5.74) is 2.38. The number of hydrogen-bond acceptors (Lipinski definition) is 4. The number of aliphatic hydroxyl groups excluding tert-OH is 1. The first kappa shape index (κ1) is 26.9. The van der Waals surface area contributed by atoms with Crippen LogP contribution in [-0.2, 0) is 5.41 Å². The molecule has 33 heavy (non-hydrogen) atoms. The topological polar surface area (TPSA) is 74.2 Å². The number of anilines is 1. The molecule has 0 radical (unpaired) electrons. The smallest absolute Gasteiger partial charge is 0.393 e. The third-order valence-corrected chi connectivity index (χ3v) is 5.58. The summed E-state index contributed by atoms with van der Waals surface area (Å²) in [5.74, 6) is -0.126. The van der Waals surface area contributed by atoms with Gasteiger partial charge in [-0.25, -0.2) is 4.98 Å². The van der Waals surface area contributed by atoms with E-state index >= 15 is 0 Å². The highest BCUT2D eigenvalue weighted by Crippen LogP contribution is 2.34. The number of hydrogen-bond donors (Lipinski definition) is 3. The standard InChI is InChI=1S/C25H36F3N3O2/c1-7-8-17(10-16(3)32)13-29-23(33)21-9-15(2)19-11-18(30-14-25(26,27)28)12-20(22(19)31-21)24(4,5)6/h9,11-12,16-17,30,32H,7-8,10,13-14H2,1-6H3,(H,29,33). The molecule has 2 unspecified atom stereocenters. The van der Waals surface area contributed by atoms with Gasteiger partial charge in [-0.05, 0) is 67.3 Å². The first-order chi connectivity index (χ1) is 15.2. The minimum Gasteiger partial charge on any atom is -0.393 e. The van der Waals surface area contributed by atoms with E-state index in [0.29, 0.717) is 29.6 Å². The molecule has 1 amide bonds. The highest BCUT2D eigenvalue weighted by molar-refractivity contribution is 5.97. The largest absolute Gasteiger partial charge is 0.405 e. The number of fused-ring (bicyclic) bond motifs is 1. The summed E-state index contributed by atoms with van der Waals surface area (Å²) in [6.07, 6.45) is -2.29. The molecule has 1 aromatic carbocycles. The van der Waals surface area contributed by atoms with Gasteiger partial charge in [0.15, 0.2) is 0 Å². The summed E-state index contributed by atoms with van der Waals surface area (Å²) in [6.45, 7) is 10.8. The molecule has 0 fully saturated rings. The van der Waals surface area contributed by atoms with Crippen molar-refractivity contribution in [1.29, 1.82) is 0 Å². The van der Waals surface area contributed by atoms with E-state index in [0.717, 1.165) is 24.0 Å². The maximum atomic E-state index is 12.9. The van der Waals surface area contributed by atoms with Crippen molar-refractivity contribution in [2.45, 2.75) is 78.5 Å². The fourth-order valence-corrected chi connectivity index (χ4v) is 4.00. The average Bonchev–Trinajstić information content (AvgIpc) is 2.68. The van der Waals surface area contributed by atoms with Gasteiger partial charge in [0, 0.05) is 17.6 Å². The third-order valence-electron chi connectivity index (χ3n) is 5.58. The summed E-state index contributed by atoms with van der Waals surface area (Å²) >= 11 is 0. The molecule has 0 saturated heterocycles. The van der Waals surface area contributed by atoms with Gasteiger partial charge in [0.05, 0.1) is 11.6 Å². The predicted octanol–water partition coefficient (Wildman–Crippen LogP) is 5.73. The molecule has 0 saturated carbocycles. The average molecular weight is 468 g/mol. The van der Waals surface area contributed by atoms with Gasteiger partial charge < -0.3 is 15.7 Å². The first-order valence-corrected chi connectivity index (χ1v) is 11.4. The molecule has 5 nitrogen and oxygen atoms in total. The second kappa shape index (κ2) is 10.7. The summed E-state index contributed by atoms with van der Waals surface area (Å²) in [4.78, 5) is 17.5. The Balaban J connectivity index is 2.39. The van der Waals surface area contributed by atoms with Crippen molar-refractivity contribution in [3.05, 3.63) is 35.0 Å². The number of rotatable bonds is 9. The number of carbonyl (C=O) groups is 1. The zero-order chi connectivity index (χ0) is 25.0. The molecule has 1 heterocycles. The van der Waals surface area contributed by atoms with E-state index in [-0.39, 0.29) is 17.5 Å². The molecule has 3 N–H and O–H groups in total. The Bertz CT molecular complexity index is 966. The van der Waals surface area contributed by atoms with Crippen LogP contribution in [-0.4, -0.2) is 41.4 Å². The Labute approximate surface area is 194 Å². The summed E-state index contributed by atoms with van der Waals surface area (Å²) in [6, 6.07) is 5.00. The molecule has 0 aliphatic rings. The van der Waals surface area contributed by atoms with Gasteiger partial charge in [-0.15, -0.1) is 0 Å². The van der Waals surface area contributed by atoms with E-state index < -0.39 is 24.2 Å². The first-order valence-electron chi connectivity index (χ1n) is 11.4. The Morgan fingerprint density at radius 3 is 2.39 bits per heavy atom. The van der Waals surface area contributed by atoms with Gasteiger partial charge in [-0.1, -0.05) is 34.1 Å². The molecule has 2 rings (SSSR count). The van der Waals surface area contributed by atoms with Gasteiger partial charge in [0.2, 0.25) is 0 Å². The van der Waals surface area contributed by atoms with E-state index in [1.54, 1.807) is 25.1 Å². The minimum atomic E-state index is -4.32. The molecule has 0 aliphatic carbocycles. The van der Waals surface area contributed by atoms with Crippen LogP contribution in [0.1, 0.15) is 75.5 Å². The molecule has 2 atom stereocenters. The zero-order valence-corrected chi connectivity index (χ0v) is 20.4. The van der Waals surface area contributed by atoms with Crippen LogP contribution in [0.25, 0.3) is 10.9 Å². The molecule has 0 aliphatic heterocycles. The van der Waals surface area contributed by atoms with Crippen molar-refractivity contribution in [2.75, 3.05) is 18.4 Å². The summed E-state index contributed by atoms with van der Waals surface area (Å²) < 4.78 is 38.2. The van der Waals surface area contributed by atoms with E-state index in [9.17, 15) is 23.1 Å². The van der Waals surface area contributed by atoms with Crippen molar-refractivity contribution in [1.82, 2.24) is 10.3 Å². The lowest BCUT2D eigenvalue weighted by atomic mass is 9.84. The van der Waals surface area contributed by atoms with E-state index in [1.165, 1.54) is 0 Å². The van der Waals surface area contributed by atoms with Crippen LogP contribution in [0.4, 0.5) is 18.9 Å². The van der Waals surface area contributed by atoms with Gasteiger partial charge in [0.25, 0.3) is 5.91 Å². The number of pyridine rings is 1. The number of carbonyl (C=O) groups excluding carboxylic acids is 1. The van der Waals surface area contributed by atoms with Gasteiger partial charge >= 0.3 is 6.18 Å². The maximum Gasteiger partial charge on any atom is 0.405 e. The number of aromatic nitrogens is 1. The predicted molar refractivity (Wildman–Crippen MR) is 127 cm³/mol. The number of amides is 1. The van der Waals surface area contributed by atoms with Crippen LogP contribution in [0.5, 0.6) is 0 Å². The lowest BCUT2D eigenvalue weighted by molar-refractivity contribution is -0.115. The van der Waals surface area contributed by atoms with Crippen molar-refractivity contribution in [2.24, 2.45) is 5.92 Å². The number of halogens is 3. The highest BCUT2D eigenvalue weighted by Gasteiger charge is 2.27. The quantitative estimate of drug-likeness (QED) is 0.440. The Morgan fingerprint density at radius 1 is 1.18 bits per heavy atom. The second-order valence-corrected chi connectivity index (χ2v) is 9.91. The maximum absolute atomic E-state index is 12.9. The molecule has 8 heteroatoms. The number of nitrogens with one attached hydrogen (secondary N) is 2. The van der Waals surface area contributed by atoms with Crippen molar-refractivity contribution in [3.63, 3.8) is 0 Å². The Hall–Kier alpha value is -2.35. The lowest BCUT2D eigenvalue weighted by Gasteiger charge is -2.23. The summed E-state index contributed by atoms with van der Waals surface area (Å²) in [5, 5.41) is 15.8. The van der Waals surface area contributed by atoms with Gasteiger partial charge in [-0.3, -0.25) is 4.79 Å². The molecule has 1 aromatic heterocycles. The molecule has 0 bridgehead atoms. The van der Waals surface area contributed by atoms with Gasteiger partial charge in [-0.2, -0.15) is 13.2 Å². The Kier molecular flexibility index (Phi) is 8.74. The minimum absolute atomic E-state index is 0.174. The normalized spacial score (nSPS) is 14.2. The fourth-order valence-electron chi connectivity index (χ4n) is 4.00. The second-order valence-electron chi connectivity index (χ2n) is 9.91. The van der Waals surface area contributed by atoms with E-state index in [2.05, 4.69) is 22.5 Å². The number of benzene rings is 1. The van der Waals surface area contributed by atoms with Gasteiger partial charge in [0.1, 0.15) is 12.2 Å². The number of nitrogens with zero attached hydrogens (tertiary/aromatic N) is 1. The highest BCUT2D eigenvalue weighted by atomic mass is 19.4.